The van der Waals surface area contributed by atoms with E-state index in [2.05, 4.69) is 37.7 Å². The number of rotatable bonds is 10. The van der Waals surface area contributed by atoms with Crippen LogP contribution in [0.5, 0.6) is 0 Å². The Hall–Kier alpha value is -0.340. The van der Waals surface area contributed by atoms with Gasteiger partial charge in [0.05, 0.1) is 0 Å². The van der Waals surface area contributed by atoms with Gasteiger partial charge in [-0.25, -0.2) is 0 Å². The maximum atomic E-state index is 3.80. The van der Waals surface area contributed by atoms with Gasteiger partial charge in [0.2, 0.25) is 0 Å². The lowest BCUT2D eigenvalue weighted by molar-refractivity contribution is 0.0824. The summed E-state index contributed by atoms with van der Waals surface area (Å²) in [5, 5.41) is 3.60. The molecule has 0 aromatic rings. The minimum Gasteiger partial charge on any atom is -0.315 e. The van der Waals surface area contributed by atoms with Gasteiger partial charge in [-0.1, -0.05) is 25.8 Å². The lowest BCUT2D eigenvalue weighted by Crippen LogP contribution is -2.57. The normalized spacial score (nSPS) is 21.2. The summed E-state index contributed by atoms with van der Waals surface area (Å²) in [7, 11) is 2.14. The molecule has 0 aliphatic carbocycles. The van der Waals surface area contributed by atoms with Gasteiger partial charge in [-0.05, 0) is 65.6 Å². The Bertz CT molecular complexity index is 246. The van der Waals surface area contributed by atoms with E-state index in [4.69, 9.17) is 0 Å². The Balaban J connectivity index is 2.46. The van der Waals surface area contributed by atoms with Crippen LogP contribution in [0.25, 0.3) is 0 Å². The van der Waals surface area contributed by atoms with E-state index in [0.29, 0.717) is 11.6 Å². The van der Waals surface area contributed by atoms with Gasteiger partial charge in [-0.3, -0.25) is 4.90 Å². The number of likely N-dealkylation sites (tertiary alicyclic amines) is 1. The van der Waals surface area contributed by atoms with Crippen molar-refractivity contribution in [3.63, 3.8) is 0 Å². The molecule has 0 saturated carbocycles. The molecule has 1 fully saturated rings. The Morgan fingerprint density at radius 1 is 1.26 bits per heavy atom. The molecule has 0 spiro atoms. The number of allylic oxidation sites excluding steroid dienone is 1. The molecule has 1 rings (SSSR count). The monoisotopic (exact) mass is 266 g/mol. The van der Waals surface area contributed by atoms with Crippen LogP contribution >= 0.6 is 0 Å². The first-order valence-corrected chi connectivity index (χ1v) is 8.22. The molecular weight excluding hydrogens is 232 g/mol. The molecule has 0 aromatic carbocycles. The maximum Gasteiger partial charge on any atom is 0.0331 e. The Morgan fingerprint density at radius 3 is 2.47 bits per heavy atom. The van der Waals surface area contributed by atoms with Gasteiger partial charge in [0.25, 0.3) is 0 Å². The standard InChI is InChI=1S/C17H34N2/c1-5-7-8-9-10-13-16(18-4)17(3,6-2)19-14-11-12-15-19/h5,16,18H,1,6-15H2,2-4H3. The summed E-state index contributed by atoms with van der Waals surface area (Å²) in [5.74, 6) is 0. The van der Waals surface area contributed by atoms with E-state index in [0.717, 1.165) is 0 Å². The van der Waals surface area contributed by atoms with Gasteiger partial charge in [0.1, 0.15) is 0 Å². The van der Waals surface area contributed by atoms with Crippen LogP contribution in [0.15, 0.2) is 12.7 Å². The number of hydrogen-bond donors (Lipinski definition) is 1. The van der Waals surface area contributed by atoms with E-state index in [1.165, 1.54) is 64.5 Å². The second kappa shape index (κ2) is 8.76. The first kappa shape index (κ1) is 16.7. The van der Waals surface area contributed by atoms with Crippen molar-refractivity contribution in [1.82, 2.24) is 10.2 Å². The number of likely N-dealkylation sites (N-methyl/N-ethyl adjacent to an activating group) is 1. The third-order valence-corrected chi connectivity index (χ3v) is 5.04. The van der Waals surface area contributed by atoms with E-state index in [9.17, 15) is 0 Å². The first-order valence-electron chi connectivity index (χ1n) is 8.22. The average Bonchev–Trinajstić information content (AvgIpc) is 2.96. The van der Waals surface area contributed by atoms with Crippen LogP contribution in [0, 0.1) is 0 Å². The Labute approximate surface area is 120 Å². The lowest BCUT2D eigenvalue weighted by atomic mass is 9.84. The highest BCUT2D eigenvalue weighted by Gasteiger charge is 2.38. The molecule has 1 aliphatic heterocycles. The number of unbranched alkanes of at least 4 members (excludes halogenated alkanes) is 3. The third kappa shape index (κ3) is 4.61. The molecule has 1 N–H and O–H groups in total. The molecule has 2 nitrogen and oxygen atoms in total. The van der Waals surface area contributed by atoms with Gasteiger partial charge in [0, 0.05) is 11.6 Å². The molecule has 1 aliphatic rings. The summed E-state index contributed by atoms with van der Waals surface area (Å²) < 4.78 is 0. The minimum atomic E-state index is 0.337. The van der Waals surface area contributed by atoms with Gasteiger partial charge < -0.3 is 5.32 Å². The van der Waals surface area contributed by atoms with E-state index >= 15 is 0 Å². The van der Waals surface area contributed by atoms with Gasteiger partial charge in [-0.2, -0.15) is 0 Å². The topological polar surface area (TPSA) is 15.3 Å². The molecular formula is C17H34N2. The van der Waals surface area contributed by atoms with Crippen molar-refractivity contribution in [3.8, 4) is 0 Å². The van der Waals surface area contributed by atoms with Crippen molar-refractivity contribution in [3.05, 3.63) is 12.7 Å². The number of nitrogens with zero attached hydrogens (tertiary/aromatic N) is 1. The van der Waals surface area contributed by atoms with Crippen molar-refractivity contribution < 1.29 is 0 Å². The van der Waals surface area contributed by atoms with Crippen LogP contribution in [0.1, 0.15) is 65.2 Å². The molecule has 0 aromatic heterocycles. The highest BCUT2D eigenvalue weighted by atomic mass is 15.2. The summed E-state index contributed by atoms with van der Waals surface area (Å²) in [4.78, 5) is 2.72. The predicted molar refractivity (Wildman–Crippen MR) is 85.6 cm³/mol. The van der Waals surface area contributed by atoms with Crippen molar-refractivity contribution in [2.75, 3.05) is 20.1 Å². The molecule has 2 heteroatoms. The van der Waals surface area contributed by atoms with Crippen molar-refractivity contribution >= 4 is 0 Å². The quantitative estimate of drug-likeness (QED) is 0.475. The molecule has 0 amide bonds. The van der Waals surface area contributed by atoms with E-state index < -0.39 is 0 Å². The summed E-state index contributed by atoms with van der Waals surface area (Å²) in [6.07, 6.45) is 12.5. The third-order valence-electron chi connectivity index (χ3n) is 5.04. The fourth-order valence-electron chi connectivity index (χ4n) is 3.50. The fraction of sp³-hybridized carbons (Fsp3) is 0.882. The lowest BCUT2D eigenvalue weighted by Gasteiger charge is -2.44. The van der Waals surface area contributed by atoms with Crippen LogP contribution in [0.4, 0.5) is 0 Å². The van der Waals surface area contributed by atoms with Crippen molar-refractivity contribution in [2.24, 2.45) is 0 Å². The predicted octanol–water partition coefficient (Wildman–Crippen LogP) is 3.98. The zero-order valence-corrected chi connectivity index (χ0v) is 13.4. The summed E-state index contributed by atoms with van der Waals surface area (Å²) in [6, 6.07) is 0.624. The summed E-state index contributed by atoms with van der Waals surface area (Å²) >= 11 is 0. The first-order chi connectivity index (χ1) is 9.19. The largest absolute Gasteiger partial charge is 0.315 e. The average molecular weight is 266 g/mol. The highest BCUT2D eigenvalue weighted by Crippen LogP contribution is 2.30. The number of nitrogens with one attached hydrogen (secondary N) is 1. The second-order valence-corrected chi connectivity index (χ2v) is 6.17. The van der Waals surface area contributed by atoms with E-state index in [-0.39, 0.29) is 0 Å². The van der Waals surface area contributed by atoms with Crippen LogP contribution < -0.4 is 5.32 Å². The zero-order valence-electron chi connectivity index (χ0n) is 13.4. The molecule has 112 valence electrons. The Kier molecular flexibility index (Phi) is 7.70. The van der Waals surface area contributed by atoms with Gasteiger partial charge in [-0.15, -0.1) is 6.58 Å². The Morgan fingerprint density at radius 2 is 1.95 bits per heavy atom. The van der Waals surface area contributed by atoms with Gasteiger partial charge in [0.15, 0.2) is 0 Å². The zero-order chi connectivity index (χ0) is 14.1. The molecule has 1 saturated heterocycles. The number of hydrogen-bond acceptors (Lipinski definition) is 2. The molecule has 2 unspecified atom stereocenters. The SMILES string of the molecule is C=CCCCCCC(NC)C(C)(CC)N1CCCC1. The smallest absolute Gasteiger partial charge is 0.0331 e. The molecule has 0 radical (unpaired) electrons. The van der Waals surface area contributed by atoms with Crippen LogP contribution in [-0.4, -0.2) is 36.6 Å². The molecule has 19 heavy (non-hydrogen) atoms. The molecule has 2 atom stereocenters. The highest BCUT2D eigenvalue weighted by molar-refractivity contribution is 4.97. The van der Waals surface area contributed by atoms with Crippen LogP contribution in [0.2, 0.25) is 0 Å². The second-order valence-electron chi connectivity index (χ2n) is 6.17. The van der Waals surface area contributed by atoms with Crippen LogP contribution in [-0.2, 0) is 0 Å². The molecule has 1 heterocycles. The van der Waals surface area contributed by atoms with Gasteiger partial charge >= 0.3 is 0 Å². The maximum absolute atomic E-state index is 3.80. The summed E-state index contributed by atoms with van der Waals surface area (Å²) in [6.45, 7) is 11.2. The van der Waals surface area contributed by atoms with E-state index in [1.54, 1.807) is 0 Å². The minimum absolute atomic E-state index is 0.337. The van der Waals surface area contributed by atoms with E-state index in [1.807, 2.05) is 6.08 Å². The van der Waals surface area contributed by atoms with Crippen molar-refractivity contribution in [1.29, 1.82) is 0 Å². The summed E-state index contributed by atoms with van der Waals surface area (Å²) in [5.41, 5.74) is 0.337. The molecule has 0 bridgehead atoms. The van der Waals surface area contributed by atoms with Crippen molar-refractivity contribution in [2.45, 2.75) is 76.8 Å². The fourth-order valence-corrected chi connectivity index (χ4v) is 3.50. The van der Waals surface area contributed by atoms with Crippen LogP contribution in [0.3, 0.4) is 0 Å².